The van der Waals surface area contributed by atoms with Crippen LogP contribution < -0.4 is 0 Å². The molecule has 1 aromatic carbocycles. The summed E-state index contributed by atoms with van der Waals surface area (Å²) in [6.45, 7) is 1.54. The van der Waals surface area contributed by atoms with Crippen molar-refractivity contribution >= 4 is 19.7 Å². The van der Waals surface area contributed by atoms with E-state index in [1.54, 1.807) is 18.2 Å². The molecule has 1 aliphatic rings. The fourth-order valence-corrected chi connectivity index (χ4v) is 6.16. The fourth-order valence-electron chi connectivity index (χ4n) is 1.86. The van der Waals surface area contributed by atoms with Crippen LogP contribution in [-0.2, 0) is 19.7 Å². The average molecular weight is 272 g/mol. The Kier molecular flexibility index (Phi) is 2.87. The number of sulfone groups is 2. The van der Waals surface area contributed by atoms with Crippen LogP contribution in [0.2, 0.25) is 0 Å². The van der Waals surface area contributed by atoms with Gasteiger partial charge in [-0.2, -0.15) is 0 Å². The Morgan fingerprint density at radius 2 is 1.76 bits per heavy atom. The maximum absolute atomic E-state index is 12.2. The van der Waals surface area contributed by atoms with Gasteiger partial charge in [0.1, 0.15) is 5.25 Å². The van der Waals surface area contributed by atoms with E-state index in [1.807, 2.05) is 0 Å². The van der Waals surface area contributed by atoms with Gasteiger partial charge in [-0.05, 0) is 24.6 Å². The van der Waals surface area contributed by atoms with Crippen molar-refractivity contribution in [3.8, 4) is 0 Å². The molecule has 1 unspecified atom stereocenters. The molecule has 0 amide bonds. The summed E-state index contributed by atoms with van der Waals surface area (Å²) in [5.41, 5.74) is 0.383. The molecule has 92 valence electrons. The van der Waals surface area contributed by atoms with Gasteiger partial charge in [0.15, 0.2) is 19.7 Å². The van der Waals surface area contributed by atoms with E-state index in [1.165, 1.54) is 19.1 Å². The van der Waals surface area contributed by atoms with E-state index in [2.05, 4.69) is 0 Å². The summed E-state index contributed by atoms with van der Waals surface area (Å²) in [4.78, 5) is 0.162. The van der Waals surface area contributed by atoms with Gasteiger partial charge >= 0.3 is 0 Å². The molecule has 17 heavy (non-hydrogen) atoms. The van der Waals surface area contributed by atoms with Crippen molar-refractivity contribution in [1.29, 1.82) is 0 Å². The predicted octanol–water partition coefficient (Wildman–Crippen LogP) is 1.16. The van der Waals surface area contributed by atoms with Crippen LogP contribution in [0, 0.1) is 0 Å². The minimum atomic E-state index is -3.61. The van der Waals surface area contributed by atoms with Gasteiger partial charge in [-0.15, -0.1) is 0 Å². The minimum Gasteiger partial charge on any atom is -0.224 e. The second kappa shape index (κ2) is 3.96. The van der Waals surface area contributed by atoms with Gasteiger partial charge in [0, 0.05) is 5.41 Å². The lowest BCUT2D eigenvalue weighted by Crippen LogP contribution is -2.25. The molecule has 4 nitrogen and oxygen atoms in total. The van der Waals surface area contributed by atoms with E-state index < -0.39 is 24.9 Å². The largest absolute Gasteiger partial charge is 0.224 e. The smallest absolute Gasteiger partial charge is 0.186 e. The van der Waals surface area contributed by atoms with Crippen LogP contribution in [0.5, 0.6) is 0 Å². The number of rotatable bonds is 2. The first-order chi connectivity index (χ1) is 7.83. The summed E-state index contributed by atoms with van der Waals surface area (Å²) in [6, 6.07) is 7.92. The van der Waals surface area contributed by atoms with Crippen LogP contribution >= 0.6 is 0 Å². The van der Waals surface area contributed by atoms with Crippen LogP contribution in [0.4, 0.5) is 0 Å². The van der Waals surface area contributed by atoms with Crippen LogP contribution in [0.25, 0.3) is 0 Å². The summed E-state index contributed by atoms with van der Waals surface area (Å²) in [6.07, 6.45) is 0. The van der Waals surface area contributed by atoms with Crippen molar-refractivity contribution in [3.63, 3.8) is 0 Å². The Hall–Kier alpha value is -1.14. The normalized spacial score (nSPS) is 23.4. The molecule has 6 heteroatoms. The lowest BCUT2D eigenvalue weighted by molar-refractivity contribution is 0.585. The minimum absolute atomic E-state index is 0.162. The number of hydrogen-bond acceptors (Lipinski definition) is 4. The van der Waals surface area contributed by atoms with Crippen molar-refractivity contribution in [2.24, 2.45) is 0 Å². The lowest BCUT2D eigenvalue weighted by atomic mass is 10.3. The monoisotopic (exact) mass is 272 g/mol. The Morgan fingerprint density at radius 1 is 1.18 bits per heavy atom. The van der Waals surface area contributed by atoms with Crippen LogP contribution in [0.1, 0.15) is 6.92 Å². The molecule has 0 spiro atoms. The van der Waals surface area contributed by atoms with Crippen molar-refractivity contribution < 1.29 is 16.8 Å². The van der Waals surface area contributed by atoms with Gasteiger partial charge in [0.05, 0.1) is 10.6 Å². The molecule has 0 bridgehead atoms. The molecule has 0 aromatic heterocycles. The third-order valence-corrected chi connectivity index (χ3v) is 6.66. The molecular weight excluding hydrogens is 260 g/mol. The molecule has 1 aromatic rings. The van der Waals surface area contributed by atoms with E-state index in [0.717, 1.165) is 5.41 Å². The molecule has 0 aliphatic carbocycles. The van der Waals surface area contributed by atoms with Crippen LogP contribution in [0.3, 0.4) is 0 Å². The molecule has 0 radical (unpaired) electrons. The number of hydrogen-bond donors (Lipinski definition) is 0. The Labute approximate surface area is 101 Å². The third kappa shape index (κ3) is 2.28. The summed E-state index contributed by atoms with van der Waals surface area (Å²) >= 11 is 0. The highest BCUT2D eigenvalue weighted by Gasteiger charge is 2.37. The molecular formula is C11H12O4S2. The van der Waals surface area contributed by atoms with Crippen molar-refractivity contribution in [1.82, 2.24) is 0 Å². The lowest BCUT2D eigenvalue weighted by Gasteiger charge is -2.12. The molecule has 0 N–H and O–H groups in total. The van der Waals surface area contributed by atoms with Gasteiger partial charge in [0.25, 0.3) is 0 Å². The van der Waals surface area contributed by atoms with E-state index in [4.69, 9.17) is 0 Å². The Morgan fingerprint density at radius 3 is 2.24 bits per heavy atom. The predicted molar refractivity (Wildman–Crippen MR) is 65.0 cm³/mol. The maximum Gasteiger partial charge on any atom is 0.186 e. The Balaban J connectivity index is 2.47. The first-order valence-corrected chi connectivity index (χ1v) is 8.29. The molecule has 1 atom stereocenters. The van der Waals surface area contributed by atoms with E-state index in [9.17, 15) is 16.8 Å². The highest BCUT2D eigenvalue weighted by atomic mass is 32.2. The SMILES string of the molecule is CC1=CS(=O)(=O)CC1S(=O)(=O)c1ccccc1. The molecule has 2 rings (SSSR count). The van der Waals surface area contributed by atoms with E-state index in [0.29, 0.717) is 5.57 Å². The van der Waals surface area contributed by atoms with E-state index in [-0.39, 0.29) is 10.6 Å². The zero-order valence-corrected chi connectivity index (χ0v) is 10.8. The van der Waals surface area contributed by atoms with Crippen LogP contribution in [-0.4, -0.2) is 27.8 Å². The third-order valence-electron chi connectivity index (χ3n) is 2.70. The zero-order chi connectivity index (χ0) is 12.7. The zero-order valence-electron chi connectivity index (χ0n) is 9.20. The molecule has 0 saturated heterocycles. The second-order valence-corrected chi connectivity index (χ2v) is 8.06. The van der Waals surface area contributed by atoms with Crippen molar-refractivity contribution in [2.75, 3.05) is 5.75 Å². The summed E-state index contributed by atoms with van der Waals surface area (Å²) in [7, 11) is -6.98. The topological polar surface area (TPSA) is 68.3 Å². The second-order valence-electron chi connectivity index (χ2n) is 4.04. The molecule has 1 aliphatic heterocycles. The number of benzene rings is 1. The first-order valence-electron chi connectivity index (χ1n) is 5.03. The highest BCUT2D eigenvalue weighted by Crippen LogP contribution is 2.28. The quantitative estimate of drug-likeness (QED) is 0.810. The van der Waals surface area contributed by atoms with Gasteiger partial charge in [-0.3, -0.25) is 0 Å². The van der Waals surface area contributed by atoms with E-state index >= 15 is 0 Å². The maximum atomic E-state index is 12.2. The summed E-state index contributed by atoms with van der Waals surface area (Å²) in [5.74, 6) is -0.351. The van der Waals surface area contributed by atoms with Crippen LogP contribution in [0.15, 0.2) is 46.2 Å². The van der Waals surface area contributed by atoms with Crippen molar-refractivity contribution in [2.45, 2.75) is 17.1 Å². The average Bonchev–Trinajstić information content (AvgIpc) is 2.54. The van der Waals surface area contributed by atoms with Crippen molar-refractivity contribution in [3.05, 3.63) is 41.3 Å². The van der Waals surface area contributed by atoms with Gasteiger partial charge in [-0.1, -0.05) is 18.2 Å². The molecule has 0 saturated carbocycles. The molecule has 1 heterocycles. The summed E-state index contributed by atoms with van der Waals surface area (Å²) in [5, 5.41) is 0.105. The standard InChI is InChI=1S/C11H12O4S2/c1-9-7-16(12,13)8-11(9)17(14,15)10-5-3-2-4-6-10/h2-7,11H,8H2,1H3. The summed E-state index contributed by atoms with van der Waals surface area (Å²) < 4.78 is 47.2. The Bertz CT molecular complexity index is 655. The van der Waals surface area contributed by atoms with Gasteiger partial charge < -0.3 is 0 Å². The van der Waals surface area contributed by atoms with Gasteiger partial charge in [-0.25, -0.2) is 16.8 Å². The van der Waals surface area contributed by atoms with Gasteiger partial charge in [0.2, 0.25) is 0 Å². The highest BCUT2D eigenvalue weighted by molar-refractivity contribution is 7.98. The fraction of sp³-hybridized carbons (Fsp3) is 0.273. The first kappa shape index (κ1) is 12.3. The molecule has 0 fully saturated rings.